The molecule has 0 spiro atoms. The number of amides is 1. The molecule has 9 heteroatoms. The zero-order chi connectivity index (χ0) is 21.7. The molecule has 2 aromatic rings. The lowest BCUT2D eigenvalue weighted by Gasteiger charge is -2.23. The van der Waals surface area contributed by atoms with Gasteiger partial charge in [0.05, 0.1) is 12.5 Å². The molecule has 1 aromatic heterocycles. The molecule has 0 radical (unpaired) electrons. The quantitative estimate of drug-likeness (QED) is 0.657. The van der Waals surface area contributed by atoms with E-state index in [1.165, 1.54) is 4.57 Å². The summed E-state index contributed by atoms with van der Waals surface area (Å²) in [6.45, 7) is 1.44. The second-order valence-corrected chi connectivity index (χ2v) is 7.29. The fraction of sp³-hybridized carbons (Fsp3) is 0.429. The van der Waals surface area contributed by atoms with Crippen LogP contribution in [0.25, 0.3) is 0 Å². The van der Waals surface area contributed by atoms with Gasteiger partial charge in [0.2, 0.25) is 0 Å². The lowest BCUT2D eigenvalue weighted by Crippen LogP contribution is -2.42. The van der Waals surface area contributed by atoms with Crippen molar-refractivity contribution in [1.82, 2.24) is 9.55 Å². The topological polar surface area (TPSA) is 127 Å². The van der Waals surface area contributed by atoms with E-state index in [-0.39, 0.29) is 30.5 Å². The summed E-state index contributed by atoms with van der Waals surface area (Å²) in [4.78, 5) is 52.9. The third-order valence-electron chi connectivity index (χ3n) is 5.31. The monoisotopic (exact) mass is 414 g/mol. The Hall–Kier alpha value is -3.36. The molecule has 160 valence electrons. The van der Waals surface area contributed by atoms with E-state index >= 15 is 0 Å². The van der Waals surface area contributed by atoms with Crippen molar-refractivity contribution in [2.24, 2.45) is 5.92 Å². The Bertz CT molecular complexity index is 1020. The number of nitrogens with zero attached hydrogens (tertiary/aromatic N) is 2. The maximum absolute atomic E-state index is 12.7. The molecular weight excluding hydrogens is 388 g/mol. The van der Waals surface area contributed by atoms with Crippen LogP contribution in [0, 0.1) is 5.92 Å². The van der Waals surface area contributed by atoms with Gasteiger partial charge in [-0.25, -0.2) is 4.79 Å². The maximum Gasteiger partial charge on any atom is 0.330 e. The zero-order valence-electron chi connectivity index (χ0n) is 16.9. The molecule has 1 aromatic carbocycles. The highest BCUT2D eigenvalue weighted by molar-refractivity contribution is 5.97. The van der Waals surface area contributed by atoms with Gasteiger partial charge in [-0.1, -0.05) is 43.2 Å². The Kier molecular flexibility index (Phi) is 6.71. The van der Waals surface area contributed by atoms with Gasteiger partial charge in [0.1, 0.15) is 5.82 Å². The molecule has 0 aliphatic heterocycles. The molecule has 30 heavy (non-hydrogen) atoms. The van der Waals surface area contributed by atoms with Crippen molar-refractivity contribution >= 4 is 23.4 Å². The van der Waals surface area contributed by atoms with Crippen molar-refractivity contribution < 1.29 is 14.3 Å². The Labute approximate surface area is 173 Å². The van der Waals surface area contributed by atoms with Crippen molar-refractivity contribution in [2.75, 3.05) is 23.8 Å². The molecule has 1 aliphatic carbocycles. The van der Waals surface area contributed by atoms with E-state index in [0.717, 1.165) is 36.1 Å². The van der Waals surface area contributed by atoms with Crippen molar-refractivity contribution in [1.29, 1.82) is 0 Å². The van der Waals surface area contributed by atoms with Crippen molar-refractivity contribution in [2.45, 2.75) is 39.2 Å². The number of hydrogen-bond donors (Lipinski definition) is 2. The molecule has 0 bridgehead atoms. The van der Waals surface area contributed by atoms with Gasteiger partial charge in [-0.3, -0.25) is 23.9 Å². The molecule has 1 saturated carbocycles. The molecule has 0 unspecified atom stereocenters. The first-order valence-corrected chi connectivity index (χ1v) is 10.1. The molecular formula is C21H26N4O5. The van der Waals surface area contributed by atoms with Gasteiger partial charge in [0.15, 0.2) is 12.3 Å². The normalized spacial score (nSPS) is 13.9. The number of likely N-dealkylation sites (N-methyl/N-ethyl adjacent to an activating group) is 1. The lowest BCUT2D eigenvalue weighted by atomic mass is 10.1. The number of benzene rings is 1. The Morgan fingerprint density at radius 1 is 1.20 bits per heavy atom. The summed E-state index contributed by atoms with van der Waals surface area (Å²) >= 11 is 0. The Morgan fingerprint density at radius 2 is 1.87 bits per heavy atom. The first-order chi connectivity index (χ1) is 14.4. The molecule has 3 rings (SSSR count). The number of esters is 1. The van der Waals surface area contributed by atoms with Gasteiger partial charge in [0, 0.05) is 6.54 Å². The van der Waals surface area contributed by atoms with Crippen molar-refractivity contribution in [3.8, 4) is 0 Å². The Balaban J connectivity index is 1.83. The predicted octanol–water partition coefficient (Wildman–Crippen LogP) is 1.25. The molecule has 0 atom stereocenters. The van der Waals surface area contributed by atoms with Crippen LogP contribution in [0.5, 0.6) is 0 Å². The standard InChI is InChI=1S/C21H26N4O5/c1-2-24(16(26)13-30-20(28)15-10-6-7-11-15)17-18(22)25(21(29)23-19(17)27)12-14-8-4-3-5-9-14/h3-5,8-9,15H,2,6-7,10-13,22H2,1H3,(H,23,27,29). The van der Waals surface area contributed by atoms with Gasteiger partial charge in [-0.2, -0.15) is 0 Å². The van der Waals surface area contributed by atoms with E-state index in [1.54, 1.807) is 6.92 Å². The molecule has 9 nitrogen and oxygen atoms in total. The number of rotatable bonds is 7. The highest BCUT2D eigenvalue weighted by Crippen LogP contribution is 2.26. The molecule has 1 heterocycles. The van der Waals surface area contributed by atoms with E-state index in [2.05, 4.69) is 4.98 Å². The molecule has 1 aliphatic rings. The van der Waals surface area contributed by atoms with Crippen LogP contribution in [0.2, 0.25) is 0 Å². The molecule has 1 fully saturated rings. The van der Waals surface area contributed by atoms with E-state index in [9.17, 15) is 19.2 Å². The molecule has 3 N–H and O–H groups in total. The average molecular weight is 414 g/mol. The van der Waals surface area contributed by atoms with Crippen molar-refractivity contribution in [3.63, 3.8) is 0 Å². The first-order valence-electron chi connectivity index (χ1n) is 10.1. The van der Waals surface area contributed by atoms with Crippen LogP contribution in [-0.4, -0.2) is 34.6 Å². The number of anilines is 2. The van der Waals surface area contributed by atoms with Crippen molar-refractivity contribution in [3.05, 3.63) is 56.7 Å². The largest absolute Gasteiger partial charge is 0.455 e. The van der Waals surface area contributed by atoms with E-state index in [4.69, 9.17) is 10.5 Å². The van der Waals surface area contributed by atoms with Crippen LogP contribution in [0.4, 0.5) is 11.5 Å². The minimum absolute atomic E-state index is 0.120. The van der Waals surface area contributed by atoms with E-state index in [1.807, 2.05) is 30.3 Å². The van der Waals surface area contributed by atoms with Crippen LogP contribution in [0.15, 0.2) is 39.9 Å². The number of ether oxygens (including phenoxy) is 1. The third-order valence-corrected chi connectivity index (χ3v) is 5.31. The summed E-state index contributed by atoms with van der Waals surface area (Å²) in [6.07, 6.45) is 3.48. The van der Waals surface area contributed by atoms with Crippen LogP contribution in [0.3, 0.4) is 0 Å². The van der Waals surface area contributed by atoms with Crippen LogP contribution in [-0.2, 0) is 20.9 Å². The SMILES string of the molecule is CCN(C(=O)COC(=O)C1CCCC1)c1c(N)n(Cc2ccccc2)c(=O)[nH]c1=O. The highest BCUT2D eigenvalue weighted by atomic mass is 16.5. The van der Waals surface area contributed by atoms with Gasteiger partial charge >= 0.3 is 11.7 Å². The molecule has 0 saturated heterocycles. The Morgan fingerprint density at radius 3 is 2.50 bits per heavy atom. The fourth-order valence-electron chi connectivity index (χ4n) is 3.71. The van der Waals surface area contributed by atoms with Crippen LogP contribution < -0.4 is 21.9 Å². The van der Waals surface area contributed by atoms with Gasteiger partial charge in [0.25, 0.3) is 11.5 Å². The first kappa shape index (κ1) is 21.4. The van der Waals surface area contributed by atoms with Crippen LogP contribution in [0.1, 0.15) is 38.2 Å². The third kappa shape index (κ3) is 4.61. The number of aromatic nitrogens is 2. The number of H-pyrrole nitrogens is 1. The number of hydrogen-bond acceptors (Lipinski definition) is 6. The zero-order valence-corrected chi connectivity index (χ0v) is 16.9. The lowest BCUT2D eigenvalue weighted by molar-refractivity contribution is -0.151. The smallest absolute Gasteiger partial charge is 0.330 e. The number of nitrogens with two attached hydrogens (primary N) is 1. The summed E-state index contributed by atoms with van der Waals surface area (Å²) in [7, 11) is 0. The summed E-state index contributed by atoms with van der Waals surface area (Å²) in [5.41, 5.74) is 5.39. The van der Waals surface area contributed by atoms with Gasteiger partial charge in [-0.15, -0.1) is 0 Å². The number of carbonyl (C=O) groups is 2. The summed E-state index contributed by atoms with van der Waals surface area (Å²) in [5.74, 6) is -1.27. The summed E-state index contributed by atoms with van der Waals surface area (Å²) < 4.78 is 6.37. The predicted molar refractivity (Wildman–Crippen MR) is 112 cm³/mol. The molecule has 1 amide bonds. The maximum atomic E-state index is 12.7. The minimum Gasteiger partial charge on any atom is -0.455 e. The number of nitrogens with one attached hydrogen (secondary N) is 1. The average Bonchev–Trinajstić information content (AvgIpc) is 3.28. The fourth-order valence-corrected chi connectivity index (χ4v) is 3.71. The summed E-state index contributed by atoms with van der Waals surface area (Å²) in [5, 5.41) is 0. The number of aromatic amines is 1. The minimum atomic E-state index is -0.765. The number of carbonyl (C=O) groups excluding carboxylic acids is 2. The van der Waals surface area contributed by atoms with Gasteiger partial charge in [-0.05, 0) is 25.3 Å². The van der Waals surface area contributed by atoms with Gasteiger partial charge < -0.3 is 15.4 Å². The van der Waals surface area contributed by atoms with E-state index in [0.29, 0.717) is 0 Å². The number of nitrogen functional groups attached to an aromatic ring is 1. The second kappa shape index (κ2) is 9.43. The highest BCUT2D eigenvalue weighted by Gasteiger charge is 2.27. The summed E-state index contributed by atoms with van der Waals surface area (Å²) in [6, 6.07) is 9.13. The van der Waals surface area contributed by atoms with Crippen LogP contribution >= 0.6 is 0 Å². The second-order valence-electron chi connectivity index (χ2n) is 7.29. The van der Waals surface area contributed by atoms with E-state index < -0.39 is 29.7 Å².